The molecule has 5 rings (SSSR count). The Morgan fingerprint density at radius 3 is 2.85 bits per heavy atom. The van der Waals surface area contributed by atoms with Crippen LogP contribution in [0.2, 0.25) is 0 Å². The van der Waals surface area contributed by atoms with E-state index in [-0.39, 0.29) is 5.82 Å². The molecule has 4 heterocycles. The third kappa shape index (κ3) is 2.43. The van der Waals surface area contributed by atoms with Crippen LogP contribution in [-0.4, -0.2) is 40.8 Å². The molecule has 4 aromatic rings. The van der Waals surface area contributed by atoms with E-state index in [0.717, 1.165) is 46.3 Å². The van der Waals surface area contributed by atoms with Crippen LogP contribution in [0.25, 0.3) is 33.3 Å². The van der Waals surface area contributed by atoms with Crippen LogP contribution in [0.3, 0.4) is 0 Å². The van der Waals surface area contributed by atoms with E-state index in [1.807, 2.05) is 36.0 Å². The molecule has 6 nitrogen and oxygen atoms in total. The first-order chi connectivity index (χ1) is 12.7. The Balaban J connectivity index is 1.60. The van der Waals surface area contributed by atoms with Crippen LogP contribution < -0.4 is 4.90 Å². The van der Waals surface area contributed by atoms with E-state index < -0.39 is 0 Å². The van der Waals surface area contributed by atoms with Gasteiger partial charge in [0.15, 0.2) is 5.58 Å². The van der Waals surface area contributed by atoms with Crippen molar-refractivity contribution in [3.05, 3.63) is 42.5 Å². The van der Waals surface area contributed by atoms with Crippen LogP contribution in [0.4, 0.5) is 10.4 Å². The molecule has 26 heavy (non-hydrogen) atoms. The Bertz CT molecular complexity index is 1110. The van der Waals surface area contributed by atoms with Gasteiger partial charge in [-0.25, -0.2) is 9.37 Å². The molecule has 1 aliphatic rings. The normalized spacial score (nSPS) is 15.2. The van der Waals surface area contributed by atoms with Crippen molar-refractivity contribution in [2.75, 3.05) is 31.2 Å². The van der Waals surface area contributed by atoms with Gasteiger partial charge in [-0.3, -0.25) is 0 Å². The highest BCUT2D eigenvalue weighted by Crippen LogP contribution is 2.32. The SMILES string of the molecule is Cn1cc(-c2ccc3oc(N4CCOCC4)nc3c2)c2cc(F)cnc21. The molecule has 1 fully saturated rings. The molecule has 1 aromatic carbocycles. The quantitative estimate of drug-likeness (QED) is 0.554. The number of aryl methyl sites for hydroxylation is 1. The number of ether oxygens (including phenoxy) is 1. The number of halogens is 1. The maximum absolute atomic E-state index is 13.7. The molecular formula is C19H17FN4O2. The fourth-order valence-electron chi connectivity index (χ4n) is 3.44. The topological polar surface area (TPSA) is 56.3 Å². The second-order valence-corrected chi connectivity index (χ2v) is 6.46. The van der Waals surface area contributed by atoms with Gasteiger partial charge in [0, 0.05) is 37.3 Å². The highest BCUT2D eigenvalue weighted by Gasteiger charge is 2.18. The zero-order valence-corrected chi connectivity index (χ0v) is 14.3. The highest BCUT2D eigenvalue weighted by atomic mass is 19.1. The maximum Gasteiger partial charge on any atom is 0.298 e. The number of nitrogens with zero attached hydrogens (tertiary/aromatic N) is 4. The first kappa shape index (κ1) is 15.3. The molecule has 1 aliphatic heterocycles. The van der Waals surface area contributed by atoms with Crippen LogP contribution in [0, 0.1) is 5.82 Å². The number of anilines is 1. The van der Waals surface area contributed by atoms with Crippen molar-refractivity contribution in [1.29, 1.82) is 0 Å². The fraction of sp³-hybridized carbons (Fsp3) is 0.263. The average molecular weight is 352 g/mol. The van der Waals surface area contributed by atoms with Crippen LogP contribution >= 0.6 is 0 Å². The fourth-order valence-corrected chi connectivity index (χ4v) is 3.44. The number of pyridine rings is 1. The lowest BCUT2D eigenvalue weighted by atomic mass is 10.1. The number of morpholine rings is 1. The molecule has 0 N–H and O–H groups in total. The summed E-state index contributed by atoms with van der Waals surface area (Å²) in [7, 11) is 1.90. The Morgan fingerprint density at radius 1 is 1.15 bits per heavy atom. The third-order valence-electron chi connectivity index (χ3n) is 4.75. The predicted octanol–water partition coefficient (Wildman–Crippen LogP) is 3.36. The number of oxazole rings is 1. The molecule has 0 atom stereocenters. The van der Waals surface area contributed by atoms with Crippen molar-refractivity contribution >= 4 is 28.1 Å². The predicted molar refractivity (Wildman–Crippen MR) is 96.7 cm³/mol. The number of hydrogen-bond donors (Lipinski definition) is 0. The van der Waals surface area contributed by atoms with Crippen LogP contribution in [0.1, 0.15) is 0 Å². The standard InChI is InChI=1S/C19H17FN4O2/c1-23-11-15(14-9-13(20)10-21-18(14)23)12-2-3-17-16(8-12)22-19(26-17)24-4-6-25-7-5-24/h2-3,8-11H,4-7H2,1H3. The Kier molecular flexibility index (Phi) is 3.43. The van der Waals surface area contributed by atoms with Crippen molar-refractivity contribution in [2.24, 2.45) is 7.05 Å². The number of fused-ring (bicyclic) bond motifs is 2. The third-order valence-corrected chi connectivity index (χ3v) is 4.75. The summed E-state index contributed by atoms with van der Waals surface area (Å²) in [6.45, 7) is 2.90. The summed E-state index contributed by atoms with van der Waals surface area (Å²) in [5.74, 6) is -0.345. The lowest BCUT2D eigenvalue weighted by Crippen LogP contribution is -2.36. The first-order valence-electron chi connectivity index (χ1n) is 8.53. The zero-order valence-electron chi connectivity index (χ0n) is 14.3. The van der Waals surface area contributed by atoms with E-state index in [2.05, 4.69) is 14.9 Å². The van der Waals surface area contributed by atoms with Gasteiger partial charge in [-0.1, -0.05) is 6.07 Å². The van der Waals surface area contributed by atoms with Crippen LogP contribution in [0.5, 0.6) is 0 Å². The molecule has 132 valence electrons. The summed E-state index contributed by atoms with van der Waals surface area (Å²) >= 11 is 0. The number of rotatable bonds is 2. The second kappa shape index (κ2) is 5.81. The van der Waals surface area contributed by atoms with Gasteiger partial charge < -0.3 is 18.6 Å². The van der Waals surface area contributed by atoms with Crippen LogP contribution in [-0.2, 0) is 11.8 Å². The Labute approximate surface area is 148 Å². The number of aromatic nitrogens is 3. The van der Waals surface area contributed by atoms with Crippen molar-refractivity contribution in [3.63, 3.8) is 0 Å². The molecule has 3 aromatic heterocycles. The van der Waals surface area contributed by atoms with Crippen molar-refractivity contribution < 1.29 is 13.5 Å². The minimum Gasteiger partial charge on any atom is -0.423 e. The van der Waals surface area contributed by atoms with Gasteiger partial charge in [-0.05, 0) is 23.8 Å². The zero-order chi connectivity index (χ0) is 17.7. The Hall–Kier alpha value is -2.93. The smallest absolute Gasteiger partial charge is 0.298 e. The monoisotopic (exact) mass is 352 g/mol. The molecule has 0 saturated carbocycles. The highest BCUT2D eigenvalue weighted by molar-refractivity contribution is 5.96. The van der Waals surface area contributed by atoms with Gasteiger partial charge >= 0.3 is 0 Å². The van der Waals surface area contributed by atoms with E-state index in [1.165, 1.54) is 12.3 Å². The molecule has 0 aliphatic carbocycles. The molecular weight excluding hydrogens is 335 g/mol. The summed E-state index contributed by atoms with van der Waals surface area (Å²) in [6.07, 6.45) is 3.20. The minimum absolute atomic E-state index is 0.345. The van der Waals surface area contributed by atoms with Gasteiger partial charge in [0.2, 0.25) is 0 Å². The van der Waals surface area contributed by atoms with E-state index in [9.17, 15) is 4.39 Å². The summed E-state index contributed by atoms with van der Waals surface area (Å²) in [4.78, 5) is 10.9. The summed E-state index contributed by atoms with van der Waals surface area (Å²) in [5, 5.41) is 0.781. The average Bonchev–Trinajstić information content (AvgIpc) is 3.23. The van der Waals surface area contributed by atoms with E-state index in [4.69, 9.17) is 9.15 Å². The lowest BCUT2D eigenvalue weighted by molar-refractivity contribution is 0.120. The lowest BCUT2D eigenvalue weighted by Gasteiger charge is -2.24. The first-order valence-corrected chi connectivity index (χ1v) is 8.53. The Morgan fingerprint density at radius 2 is 2.00 bits per heavy atom. The molecule has 0 radical (unpaired) electrons. The van der Waals surface area contributed by atoms with E-state index in [1.54, 1.807) is 0 Å². The van der Waals surface area contributed by atoms with E-state index in [0.29, 0.717) is 19.2 Å². The molecule has 7 heteroatoms. The van der Waals surface area contributed by atoms with Crippen molar-refractivity contribution in [1.82, 2.24) is 14.5 Å². The largest absolute Gasteiger partial charge is 0.423 e. The summed E-state index contributed by atoms with van der Waals surface area (Å²) in [5.41, 5.74) is 4.14. The van der Waals surface area contributed by atoms with Gasteiger partial charge in [-0.15, -0.1) is 0 Å². The van der Waals surface area contributed by atoms with Crippen molar-refractivity contribution in [3.8, 4) is 11.1 Å². The molecule has 0 unspecified atom stereocenters. The molecule has 1 saturated heterocycles. The minimum atomic E-state index is -0.345. The maximum atomic E-state index is 13.7. The van der Waals surface area contributed by atoms with Crippen molar-refractivity contribution in [2.45, 2.75) is 0 Å². The van der Waals surface area contributed by atoms with Crippen LogP contribution in [0.15, 0.2) is 41.1 Å². The number of benzene rings is 1. The van der Waals surface area contributed by atoms with Gasteiger partial charge in [0.1, 0.15) is 17.0 Å². The summed E-state index contributed by atoms with van der Waals surface area (Å²) < 4.78 is 26.9. The van der Waals surface area contributed by atoms with E-state index >= 15 is 0 Å². The molecule has 0 spiro atoms. The summed E-state index contributed by atoms with van der Waals surface area (Å²) in [6, 6.07) is 7.99. The number of hydrogen-bond acceptors (Lipinski definition) is 5. The van der Waals surface area contributed by atoms with Gasteiger partial charge in [0.05, 0.1) is 19.4 Å². The second-order valence-electron chi connectivity index (χ2n) is 6.46. The van der Waals surface area contributed by atoms with Gasteiger partial charge in [-0.2, -0.15) is 4.98 Å². The molecule has 0 amide bonds. The van der Waals surface area contributed by atoms with Gasteiger partial charge in [0.25, 0.3) is 6.01 Å². The molecule has 0 bridgehead atoms.